The molecule has 2 aliphatic rings. The molecule has 0 N–H and O–H groups in total. The van der Waals surface area contributed by atoms with Crippen LogP contribution in [-0.2, 0) is 6.42 Å². The summed E-state index contributed by atoms with van der Waals surface area (Å²) in [5.41, 5.74) is 3.11. The molecular formula is C17H21N. The lowest BCUT2D eigenvalue weighted by molar-refractivity contribution is 0.235. The summed E-state index contributed by atoms with van der Waals surface area (Å²) in [6.07, 6.45) is 10.7. The van der Waals surface area contributed by atoms with Crippen LogP contribution in [-0.4, -0.2) is 24.5 Å². The Balaban J connectivity index is 1.55. The van der Waals surface area contributed by atoms with E-state index < -0.39 is 0 Å². The summed E-state index contributed by atoms with van der Waals surface area (Å²) in [6.45, 7) is 3.64. The second-order valence-electron chi connectivity index (χ2n) is 5.40. The van der Waals surface area contributed by atoms with Crippen molar-refractivity contribution in [3.8, 4) is 0 Å². The zero-order valence-corrected chi connectivity index (χ0v) is 10.9. The average molecular weight is 239 g/mol. The summed E-state index contributed by atoms with van der Waals surface area (Å²) in [4.78, 5) is 2.61. The molecule has 1 heteroatoms. The molecule has 18 heavy (non-hydrogen) atoms. The fraction of sp³-hybridized carbons (Fsp3) is 0.412. The molecule has 1 fully saturated rings. The number of allylic oxidation sites excluding steroid dienone is 3. The number of likely N-dealkylation sites (tertiary alicyclic amines) is 1. The molecule has 0 aromatic heterocycles. The zero-order chi connectivity index (χ0) is 12.2. The van der Waals surface area contributed by atoms with Gasteiger partial charge in [-0.1, -0.05) is 54.1 Å². The molecule has 1 aromatic carbocycles. The van der Waals surface area contributed by atoms with Gasteiger partial charge in [-0.25, -0.2) is 0 Å². The van der Waals surface area contributed by atoms with E-state index in [4.69, 9.17) is 0 Å². The number of hydrogen-bond donors (Lipinski definition) is 0. The third-order valence-corrected chi connectivity index (χ3v) is 4.15. The van der Waals surface area contributed by atoms with Crippen molar-refractivity contribution < 1.29 is 0 Å². The van der Waals surface area contributed by atoms with Gasteiger partial charge in [0.15, 0.2) is 0 Å². The maximum Gasteiger partial charge on any atom is 0.0199 e. The SMILES string of the molecule is C1=CCC2CCN(CCc3ccccc3)CC2=C1. The molecule has 0 radical (unpaired) electrons. The summed E-state index contributed by atoms with van der Waals surface area (Å²) in [5, 5.41) is 0. The molecule has 0 spiro atoms. The lowest BCUT2D eigenvalue weighted by atomic mass is 9.85. The molecule has 0 amide bonds. The minimum Gasteiger partial charge on any atom is -0.299 e. The van der Waals surface area contributed by atoms with E-state index in [1.165, 1.54) is 44.5 Å². The quantitative estimate of drug-likeness (QED) is 0.781. The molecule has 1 aliphatic heterocycles. The molecule has 1 aromatic rings. The highest BCUT2D eigenvalue weighted by atomic mass is 15.1. The Morgan fingerprint density at radius 3 is 2.94 bits per heavy atom. The first-order valence-corrected chi connectivity index (χ1v) is 7.04. The topological polar surface area (TPSA) is 3.24 Å². The van der Waals surface area contributed by atoms with Gasteiger partial charge in [-0.2, -0.15) is 0 Å². The highest BCUT2D eigenvalue weighted by Crippen LogP contribution is 2.28. The highest BCUT2D eigenvalue weighted by Gasteiger charge is 2.23. The van der Waals surface area contributed by atoms with E-state index in [2.05, 4.69) is 53.5 Å². The lowest BCUT2D eigenvalue weighted by Gasteiger charge is -2.35. The van der Waals surface area contributed by atoms with E-state index in [0.29, 0.717) is 0 Å². The summed E-state index contributed by atoms with van der Waals surface area (Å²) in [6, 6.07) is 10.8. The van der Waals surface area contributed by atoms with E-state index >= 15 is 0 Å². The number of piperidine rings is 1. The van der Waals surface area contributed by atoms with Crippen LogP contribution >= 0.6 is 0 Å². The standard InChI is InChI=1S/C17H21N/c1-2-6-15(7-3-1)10-12-18-13-11-16-8-4-5-9-17(16)14-18/h1-7,9,16H,8,10-14H2. The van der Waals surface area contributed by atoms with Crippen molar-refractivity contribution in [1.29, 1.82) is 0 Å². The van der Waals surface area contributed by atoms with Gasteiger partial charge in [-0.3, -0.25) is 4.90 Å². The number of benzene rings is 1. The van der Waals surface area contributed by atoms with Gasteiger partial charge < -0.3 is 0 Å². The van der Waals surface area contributed by atoms with Crippen molar-refractivity contribution in [2.75, 3.05) is 19.6 Å². The molecule has 1 unspecified atom stereocenters. The molecule has 0 saturated carbocycles. The maximum atomic E-state index is 2.61. The Labute approximate surface area is 110 Å². The van der Waals surface area contributed by atoms with Gasteiger partial charge in [0.25, 0.3) is 0 Å². The number of nitrogens with zero attached hydrogens (tertiary/aromatic N) is 1. The monoisotopic (exact) mass is 239 g/mol. The van der Waals surface area contributed by atoms with Gasteiger partial charge in [-0.05, 0) is 37.3 Å². The predicted octanol–water partition coefficient (Wildman–Crippen LogP) is 3.44. The Morgan fingerprint density at radius 1 is 1.17 bits per heavy atom. The van der Waals surface area contributed by atoms with E-state index in [-0.39, 0.29) is 0 Å². The lowest BCUT2D eigenvalue weighted by Crippen LogP contribution is -2.37. The first-order chi connectivity index (χ1) is 8.92. The fourth-order valence-electron chi connectivity index (χ4n) is 3.01. The molecule has 1 saturated heterocycles. The van der Waals surface area contributed by atoms with E-state index in [1.807, 2.05) is 0 Å². The van der Waals surface area contributed by atoms with Crippen LogP contribution in [0.15, 0.2) is 54.1 Å². The molecule has 0 bridgehead atoms. The van der Waals surface area contributed by atoms with Crippen LogP contribution < -0.4 is 0 Å². The van der Waals surface area contributed by atoms with Crippen LogP contribution in [0.3, 0.4) is 0 Å². The number of hydrogen-bond acceptors (Lipinski definition) is 1. The van der Waals surface area contributed by atoms with Crippen molar-refractivity contribution in [3.63, 3.8) is 0 Å². The molecule has 94 valence electrons. The Morgan fingerprint density at radius 2 is 2.06 bits per heavy atom. The minimum absolute atomic E-state index is 0.836. The smallest absolute Gasteiger partial charge is 0.0199 e. The van der Waals surface area contributed by atoms with Crippen LogP contribution in [0.4, 0.5) is 0 Å². The zero-order valence-electron chi connectivity index (χ0n) is 10.9. The Bertz CT molecular complexity index is 444. The third kappa shape index (κ3) is 2.73. The van der Waals surface area contributed by atoms with Gasteiger partial charge in [0.1, 0.15) is 0 Å². The maximum absolute atomic E-state index is 2.61. The largest absolute Gasteiger partial charge is 0.299 e. The highest BCUT2D eigenvalue weighted by molar-refractivity contribution is 5.24. The van der Waals surface area contributed by atoms with E-state index in [1.54, 1.807) is 5.57 Å². The first kappa shape index (κ1) is 11.7. The Kier molecular flexibility index (Phi) is 3.61. The third-order valence-electron chi connectivity index (χ3n) is 4.15. The molecule has 1 atom stereocenters. The summed E-state index contributed by atoms with van der Waals surface area (Å²) in [5.74, 6) is 0.836. The van der Waals surface area contributed by atoms with E-state index in [0.717, 1.165) is 5.92 Å². The van der Waals surface area contributed by atoms with Gasteiger partial charge >= 0.3 is 0 Å². The minimum atomic E-state index is 0.836. The molecule has 1 aliphatic carbocycles. The van der Waals surface area contributed by atoms with Crippen molar-refractivity contribution in [3.05, 3.63) is 59.7 Å². The fourth-order valence-corrected chi connectivity index (χ4v) is 3.01. The number of fused-ring (bicyclic) bond motifs is 1. The summed E-state index contributed by atoms with van der Waals surface area (Å²) < 4.78 is 0. The summed E-state index contributed by atoms with van der Waals surface area (Å²) >= 11 is 0. The molecule has 1 nitrogen and oxygen atoms in total. The van der Waals surface area contributed by atoms with Gasteiger partial charge in [0.2, 0.25) is 0 Å². The molecule has 1 heterocycles. The van der Waals surface area contributed by atoms with Crippen molar-refractivity contribution in [2.24, 2.45) is 5.92 Å². The van der Waals surface area contributed by atoms with Crippen LogP contribution in [0.25, 0.3) is 0 Å². The second kappa shape index (κ2) is 5.53. The van der Waals surface area contributed by atoms with Crippen molar-refractivity contribution >= 4 is 0 Å². The summed E-state index contributed by atoms with van der Waals surface area (Å²) in [7, 11) is 0. The molecular weight excluding hydrogens is 218 g/mol. The average Bonchev–Trinajstić information content (AvgIpc) is 2.46. The van der Waals surface area contributed by atoms with Crippen LogP contribution in [0, 0.1) is 5.92 Å². The number of rotatable bonds is 3. The second-order valence-corrected chi connectivity index (χ2v) is 5.40. The Hall–Kier alpha value is -1.34. The van der Waals surface area contributed by atoms with Crippen LogP contribution in [0.1, 0.15) is 18.4 Å². The van der Waals surface area contributed by atoms with Gasteiger partial charge in [-0.15, -0.1) is 0 Å². The molecule has 3 rings (SSSR count). The van der Waals surface area contributed by atoms with Crippen LogP contribution in [0.2, 0.25) is 0 Å². The van der Waals surface area contributed by atoms with Crippen molar-refractivity contribution in [1.82, 2.24) is 4.90 Å². The van der Waals surface area contributed by atoms with Gasteiger partial charge in [0, 0.05) is 13.1 Å². The van der Waals surface area contributed by atoms with Crippen LogP contribution in [0.5, 0.6) is 0 Å². The first-order valence-electron chi connectivity index (χ1n) is 7.04. The van der Waals surface area contributed by atoms with Gasteiger partial charge in [0.05, 0.1) is 0 Å². The predicted molar refractivity (Wildman–Crippen MR) is 76.5 cm³/mol. The van der Waals surface area contributed by atoms with E-state index in [9.17, 15) is 0 Å². The van der Waals surface area contributed by atoms with Crippen molar-refractivity contribution in [2.45, 2.75) is 19.3 Å². The normalized spacial score (nSPS) is 23.6.